The van der Waals surface area contributed by atoms with Gasteiger partial charge in [0.1, 0.15) is 6.04 Å². The second-order valence-electron chi connectivity index (χ2n) is 5.58. The Labute approximate surface area is 145 Å². The summed E-state index contributed by atoms with van der Waals surface area (Å²) in [6.07, 6.45) is 0.660. The predicted octanol–water partition coefficient (Wildman–Crippen LogP) is 3.85. The first-order chi connectivity index (χ1) is 11.0. The van der Waals surface area contributed by atoms with Crippen LogP contribution >= 0.6 is 23.2 Å². The molecule has 1 heterocycles. The van der Waals surface area contributed by atoms with E-state index in [0.29, 0.717) is 16.5 Å². The Kier molecular flexibility index (Phi) is 4.87. The van der Waals surface area contributed by atoms with Crippen LogP contribution in [0, 0.1) is 6.92 Å². The Morgan fingerprint density at radius 2 is 1.87 bits per heavy atom. The molecular weight excluding hydrogens is 333 g/mol. The topological polar surface area (TPSA) is 53.2 Å². The second-order valence-corrected chi connectivity index (χ2v) is 6.43. The van der Waals surface area contributed by atoms with Gasteiger partial charge in [-0.15, -0.1) is 0 Å². The highest BCUT2D eigenvalue weighted by Crippen LogP contribution is 2.26. The maximum absolute atomic E-state index is 12.4. The minimum atomic E-state index is -0.311. The third kappa shape index (κ3) is 3.67. The van der Waals surface area contributed by atoms with Gasteiger partial charge < -0.3 is 5.32 Å². The van der Waals surface area contributed by atoms with Crippen LogP contribution in [0.4, 0.5) is 5.69 Å². The van der Waals surface area contributed by atoms with E-state index in [0.717, 1.165) is 16.8 Å². The van der Waals surface area contributed by atoms with Crippen LogP contribution in [-0.4, -0.2) is 11.9 Å². The van der Waals surface area contributed by atoms with Crippen LogP contribution in [0.1, 0.15) is 23.6 Å². The van der Waals surface area contributed by atoms with E-state index >= 15 is 0 Å². The van der Waals surface area contributed by atoms with Crippen molar-refractivity contribution in [3.05, 3.63) is 63.6 Å². The number of carbonyl (C=O) groups excluding carboxylic acids is 1. The van der Waals surface area contributed by atoms with E-state index in [2.05, 4.69) is 16.2 Å². The smallest absolute Gasteiger partial charge is 0.242 e. The van der Waals surface area contributed by atoms with Crippen LogP contribution in [0.2, 0.25) is 10.0 Å². The van der Waals surface area contributed by atoms with Crippen molar-refractivity contribution < 1.29 is 4.79 Å². The summed E-state index contributed by atoms with van der Waals surface area (Å²) in [7, 11) is 0. The number of amides is 1. The zero-order chi connectivity index (χ0) is 16.4. The van der Waals surface area contributed by atoms with Crippen molar-refractivity contribution in [2.24, 2.45) is 0 Å². The largest absolute Gasteiger partial charge is 0.324 e. The number of hydrogen-bond acceptors (Lipinski definition) is 3. The van der Waals surface area contributed by atoms with Crippen LogP contribution in [0.25, 0.3) is 0 Å². The molecule has 0 saturated carbocycles. The van der Waals surface area contributed by atoms with Gasteiger partial charge in [-0.25, -0.2) is 10.9 Å². The van der Waals surface area contributed by atoms with E-state index in [1.807, 2.05) is 43.3 Å². The standard InChI is InChI=1S/C17H17Cl2N3O/c1-10-13(19)3-2-4-14(10)20-17(23)16-9-15(21-22-16)11-5-7-12(18)8-6-11/h2-8,15-16,21-22H,9H2,1H3,(H,20,23). The van der Waals surface area contributed by atoms with E-state index in [9.17, 15) is 4.79 Å². The quantitative estimate of drug-likeness (QED) is 0.788. The monoisotopic (exact) mass is 349 g/mol. The number of rotatable bonds is 3. The summed E-state index contributed by atoms with van der Waals surface area (Å²) in [6.45, 7) is 1.88. The van der Waals surface area contributed by atoms with Gasteiger partial charge in [0.2, 0.25) is 5.91 Å². The molecule has 1 aliphatic rings. The van der Waals surface area contributed by atoms with E-state index in [1.54, 1.807) is 6.07 Å². The summed E-state index contributed by atoms with van der Waals surface area (Å²) in [5.74, 6) is -0.0840. The fourth-order valence-corrected chi connectivity index (χ4v) is 2.91. The van der Waals surface area contributed by atoms with Crippen LogP contribution in [-0.2, 0) is 4.79 Å². The Balaban J connectivity index is 1.65. The van der Waals surface area contributed by atoms with Crippen molar-refractivity contribution in [2.75, 3.05) is 5.32 Å². The number of benzene rings is 2. The molecule has 23 heavy (non-hydrogen) atoms. The summed E-state index contributed by atoms with van der Waals surface area (Å²) in [5.41, 5.74) is 8.89. The van der Waals surface area contributed by atoms with Gasteiger partial charge in [-0.3, -0.25) is 4.79 Å². The molecule has 120 valence electrons. The number of anilines is 1. The zero-order valence-corrected chi connectivity index (χ0v) is 14.1. The molecule has 4 nitrogen and oxygen atoms in total. The minimum absolute atomic E-state index is 0.0727. The minimum Gasteiger partial charge on any atom is -0.324 e. The Hall–Kier alpha value is -1.59. The first-order valence-corrected chi connectivity index (χ1v) is 8.12. The molecule has 2 atom stereocenters. The van der Waals surface area contributed by atoms with Gasteiger partial charge in [-0.2, -0.15) is 0 Å². The molecule has 0 aliphatic carbocycles. The summed E-state index contributed by atoms with van der Waals surface area (Å²) >= 11 is 12.0. The molecule has 1 amide bonds. The number of nitrogens with one attached hydrogen (secondary N) is 3. The lowest BCUT2D eigenvalue weighted by Crippen LogP contribution is -2.39. The highest BCUT2D eigenvalue weighted by molar-refractivity contribution is 6.31. The van der Waals surface area contributed by atoms with Crippen molar-refractivity contribution in [2.45, 2.75) is 25.4 Å². The molecular formula is C17H17Cl2N3O. The van der Waals surface area contributed by atoms with Crippen molar-refractivity contribution in [3.8, 4) is 0 Å². The molecule has 0 radical (unpaired) electrons. The normalized spacial score (nSPS) is 20.5. The third-order valence-electron chi connectivity index (χ3n) is 4.02. The highest BCUT2D eigenvalue weighted by atomic mass is 35.5. The van der Waals surface area contributed by atoms with Gasteiger partial charge in [0.15, 0.2) is 0 Å². The third-order valence-corrected chi connectivity index (χ3v) is 4.68. The average molecular weight is 350 g/mol. The summed E-state index contributed by atoms with van der Waals surface area (Å²) < 4.78 is 0. The van der Waals surface area contributed by atoms with Gasteiger partial charge in [-0.05, 0) is 48.7 Å². The molecule has 2 unspecified atom stereocenters. The van der Waals surface area contributed by atoms with Crippen LogP contribution in [0.5, 0.6) is 0 Å². The molecule has 2 aromatic rings. The number of hydrazine groups is 1. The lowest BCUT2D eigenvalue weighted by Gasteiger charge is -2.13. The van der Waals surface area contributed by atoms with E-state index in [1.165, 1.54) is 0 Å². The molecule has 0 bridgehead atoms. The van der Waals surface area contributed by atoms with Crippen molar-refractivity contribution in [1.82, 2.24) is 10.9 Å². The molecule has 0 aromatic heterocycles. The van der Waals surface area contributed by atoms with Gasteiger partial charge in [0.05, 0.1) is 0 Å². The van der Waals surface area contributed by atoms with E-state index in [4.69, 9.17) is 23.2 Å². The molecule has 0 spiro atoms. The first kappa shape index (κ1) is 16.3. The van der Waals surface area contributed by atoms with Gasteiger partial charge in [-0.1, -0.05) is 41.4 Å². The zero-order valence-electron chi connectivity index (χ0n) is 12.6. The maximum Gasteiger partial charge on any atom is 0.242 e. The maximum atomic E-state index is 12.4. The second kappa shape index (κ2) is 6.89. The van der Waals surface area contributed by atoms with E-state index < -0.39 is 0 Å². The molecule has 1 fully saturated rings. The Morgan fingerprint density at radius 3 is 2.61 bits per heavy atom. The Bertz CT molecular complexity index is 718. The molecule has 3 N–H and O–H groups in total. The number of carbonyl (C=O) groups is 1. The van der Waals surface area contributed by atoms with Gasteiger partial charge >= 0.3 is 0 Å². The van der Waals surface area contributed by atoms with Crippen molar-refractivity contribution >= 4 is 34.8 Å². The molecule has 6 heteroatoms. The lowest BCUT2D eigenvalue weighted by atomic mass is 10.0. The SMILES string of the molecule is Cc1c(Cl)cccc1NC(=O)C1CC(c2ccc(Cl)cc2)NN1. The van der Waals surface area contributed by atoms with Gasteiger partial charge in [0.25, 0.3) is 0 Å². The number of hydrogen-bond donors (Lipinski definition) is 3. The summed E-state index contributed by atoms with van der Waals surface area (Å²) in [4.78, 5) is 12.4. The molecule has 3 rings (SSSR count). The fraction of sp³-hybridized carbons (Fsp3) is 0.235. The summed E-state index contributed by atoms with van der Waals surface area (Å²) in [6, 6.07) is 12.9. The number of halogens is 2. The molecule has 1 aliphatic heterocycles. The van der Waals surface area contributed by atoms with Crippen LogP contribution in [0.15, 0.2) is 42.5 Å². The highest BCUT2D eigenvalue weighted by Gasteiger charge is 2.30. The van der Waals surface area contributed by atoms with Crippen molar-refractivity contribution in [3.63, 3.8) is 0 Å². The van der Waals surface area contributed by atoms with Crippen LogP contribution in [0.3, 0.4) is 0 Å². The fourth-order valence-electron chi connectivity index (χ4n) is 2.60. The van der Waals surface area contributed by atoms with Gasteiger partial charge in [0, 0.05) is 21.8 Å². The first-order valence-electron chi connectivity index (χ1n) is 7.37. The summed E-state index contributed by atoms with van der Waals surface area (Å²) in [5, 5.41) is 4.26. The van der Waals surface area contributed by atoms with E-state index in [-0.39, 0.29) is 18.0 Å². The van der Waals surface area contributed by atoms with Crippen LogP contribution < -0.4 is 16.2 Å². The lowest BCUT2D eigenvalue weighted by molar-refractivity contribution is -0.117. The Morgan fingerprint density at radius 1 is 1.13 bits per heavy atom. The van der Waals surface area contributed by atoms with Crippen molar-refractivity contribution in [1.29, 1.82) is 0 Å². The molecule has 1 saturated heterocycles. The predicted molar refractivity (Wildman–Crippen MR) is 93.7 cm³/mol. The molecule has 2 aromatic carbocycles. The average Bonchev–Trinajstić information content (AvgIpc) is 3.02.